The molecular weight excluding hydrogens is 190 g/mol. The van der Waals surface area contributed by atoms with Gasteiger partial charge in [0.25, 0.3) is 0 Å². The van der Waals surface area contributed by atoms with Crippen LogP contribution in [0.15, 0.2) is 24.3 Å². The van der Waals surface area contributed by atoms with Gasteiger partial charge in [0, 0.05) is 18.3 Å². The van der Waals surface area contributed by atoms with Gasteiger partial charge in [0.05, 0.1) is 13.7 Å². The molecule has 0 saturated carbocycles. The number of methoxy groups -OCH3 is 1. The first-order valence-corrected chi connectivity index (χ1v) is 5.24. The second kappa shape index (κ2) is 6.30. The van der Waals surface area contributed by atoms with Crippen LogP contribution < -0.4 is 10.1 Å². The molecule has 1 aromatic carbocycles. The van der Waals surface area contributed by atoms with Gasteiger partial charge in [-0.2, -0.15) is 0 Å². The monoisotopic (exact) mass is 209 g/mol. The first-order valence-electron chi connectivity index (χ1n) is 5.24. The Morgan fingerprint density at radius 2 is 1.93 bits per heavy atom. The average Bonchev–Trinajstić information content (AvgIpc) is 2.27. The van der Waals surface area contributed by atoms with Gasteiger partial charge in [-0.25, -0.2) is 0 Å². The molecule has 0 spiro atoms. The van der Waals surface area contributed by atoms with E-state index in [0.29, 0.717) is 6.04 Å². The van der Waals surface area contributed by atoms with Crippen LogP contribution in [-0.2, 0) is 4.74 Å². The molecule has 0 aliphatic carbocycles. The summed E-state index contributed by atoms with van der Waals surface area (Å²) in [6.45, 7) is 5.58. The summed E-state index contributed by atoms with van der Waals surface area (Å²) in [7, 11) is 1.67. The van der Waals surface area contributed by atoms with Gasteiger partial charge in [0.15, 0.2) is 0 Å². The number of nitrogens with one attached hydrogen (secondary N) is 1. The van der Waals surface area contributed by atoms with Gasteiger partial charge in [-0.1, -0.05) is 0 Å². The quantitative estimate of drug-likeness (QED) is 0.781. The van der Waals surface area contributed by atoms with Crippen molar-refractivity contribution in [2.75, 3.05) is 25.6 Å². The number of rotatable bonds is 6. The van der Waals surface area contributed by atoms with Crippen molar-refractivity contribution in [2.24, 2.45) is 0 Å². The van der Waals surface area contributed by atoms with Crippen LogP contribution in [0.2, 0.25) is 0 Å². The van der Waals surface area contributed by atoms with E-state index in [2.05, 4.69) is 12.2 Å². The molecule has 15 heavy (non-hydrogen) atoms. The Labute approximate surface area is 91.4 Å². The van der Waals surface area contributed by atoms with Crippen molar-refractivity contribution in [2.45, 2.75) is 19.9 Å². The molecule has 0 saturated heterocycles. The van der Waals surface area contributed by atoms with E-state index >= 15 is 0 Å². The normalized spacial score (nSPS) is 12.2. The van der Waals surface area contributed by atoms with Crippen LogP contribution in [0, 0.1) is 0 Å². The topological polar surface area (TPSA) is 30.5 Å². The summed E-state index contributed by atoms with van der Waals surface area (Å²) in [5.74, 6) is 0.873. The molecule has 0 aliphatic rings. The zero-order valence-corrected chi connectivity index (χ0v) is 9.62. The molecule has 3 heteroatoms. The van der Waals surface area contributed by atoms with Crippen LogP contribution >= 0.6 is 0 Å². The van der Waals surface area contributed by atoms with E-state index in [4.69, 9.17) is 9.47 Å². The fourth-order valence-corrected chi connectivity index (χ4v) is 1.31. The lowest BCUT2D eigenvalue weighted by atomic mass is 10.2. The van der Waals surface area contributed by atoms with E-state index in [1.165, 1.54) is 0 Å². The maximum Gasteiger partial charge on any atom is 0.119 e. The molecule has 1 aromatic rings. The van der Waals surface area contributed by atoms with Crippen LogP contribution in [0.5, 0.6) is 5.75 Å². The molecule has 0 bridgehead atoms. The lowest BCUT2D eigenvalue weighted by Crippen LogP contribution is -2.21. The molecule has 0 aromatic heterocycles. The minimum absolute atomic E-state index is 0.318. The molecule has 0 radical (unpaired) electrons. The SMILES string of the molecule is CCOCC(C)Nc1ccc(OC)cc1. The fourth-order valence-electron chi connectivity index (χ4n) is 1.31. The first-order chi connectivity index (χ1) is 7.26. The minimum Gasteiger partial charge on any atom is -0.497 e. The molecular formula is C12H19NO2. The first kappa shape index (κ1) is 11.9. The van der Waals surface area contributed by atoms with Crippen molar-refractivity contribution < 1.29 is 9.47 Å². The molecule has 84 valence electrons. The zero-order chi connectivity index (χ0) is 11.1. The molecule has 1 atom stereocenters. The highest BCUT2D eigenvalue weighted by Gasteiger charge is 2.01. The molecule has 3 nitrogen and oxygen atoms in total. The Morgan fingerprint density at radius 1 is 1.27 bits per heavy atom. The Kier molecular flexibility index (Phi) is 4.98. The van der Waals surface area contributed by atoms with Gasteiger partial charge in [-0.3, -0.25) is 0 Å². The van der Waals surface area contributed by atoms with E-state index in [0.717, 1.165) is 24.7 Å². The lowest BCUT2D eigenvalue weighted by molar-refractivity contribution is 0.141. The Bertz CT molecular complexity index is 271. The van der Waals surface area contributed by atoms with E-state index in [9.17, 15) is 0 Å². The predicted molar refractivity (Wildman–Crippen MR) is 62.6 cm³/mol. The number of hydrogen-bond donors (Lipinski definition) is 1. The molecule has 1 unspecified atom stereocenters. The van der Waals surface area contributed by atoms with Crippen molar-refractivity contribution in [3.05, 3.63) is 24.3 Å². The van der Waals surface area contributed by atoms with Crippen LogP contribution in [0.1, 0.15) is 13.8 Å². The number of hydrogen-bond acceptors (Lipinski definition) is 3. The van der Waals surface area contributed by atoms with Gasteiger partial charge >= 0.3 is 0 Å². The van der Waals surface area contributed by atoms with Crippen LogP contribution in [0.4, 0.5) is 5.69 Å². The largest absolute Gasteiger partial charge is 0.497 e. The molecule has 0 fully saturated rings. The zero-order valence-electron chi connectivity index (χ0n) is 9.62. The second-order valence-electron chi connectivity index (χ2n) is 3.43. The Morgan fingerprint density at radius 3 is 2.47 bits per heavy atom. The molecule has 0 amide bonds. The highest BCUT2D eigenvalue weighted by molar-refractivity contribution is 5.46. The van der Waals surface area contributed by atoms with Gasteiger partial charge in [-0.05, 0) is 38.1 Å². The van der Waals surface area contributed by atoms with Crippen molar-refractivity contribution in [3.8, 4) is 5.75 Å². The van der Waals surface area contributed by atoms with Crippen LogP contribution in [0.25, 0.3) is 0 Å². The molecule has 1 N–H and O–H groups in total. The number of anilines is 1. The maximum atomic E-state index is 5.33. The van der Waals surface area contributed by atoms with Crippen LogP contribution in [0.3, 0.4) is 0 Å². The number of benzene rings is 1. The minimum atomic E-state index is 0.318. The smallest absolute Gasteiger partial charge is 0.119 e. The van der Waals surface area contributed by atoms with Gasteiger partial charge in [0.2, 0.25) is 0 Å². The standard InChI is InChI=1S/C12H19NO2/c1-4-15-9-10(2)13-11-5-7-12(14-3)8-6-11/h5-8,10,13H,4,9H2,1-3H3. The summed E-state index contributed by atoms with van der Waals surface area (Å²) in [4.78, 5) is 0. The molecule has 1 rings (SSSR count). The Balaban J connectivity index is 2.42. The fraction of sp³-hybridized carbons (Fsp3) is 0.500. The summed E-state index contributed by atoms with van der Waals surface area (Å²) in [6, 6.07) is 8.20. The number of ether oxygens (including phenoxy) is 2. The average molecular weight is 209 g/mol. The van der Waals surface area contributed by atoms with Crippen molar-refractivity contribution in [3.63, 3.8) is 0 Å². The summed E-state index contributed by atoms with van der Waals surface area (Å²) in [6.07, 6.45) is 0. The summed E-state index contributed by atoms with van der Waals surface area (Å²) >= 11 is 0. The maximum absolute atomic E-state index is 5.33. The summed E-state index contributed by atoms with van der Waals surface area (Å²) in [5, 5.41) is 3.35. The van der Waals surface area contributed by atoms with Crippen molar-refractivity contribution >= 4 is 5.69 Å². The van der Waals surface area contributed by atoms with Gasteiger partial charge in [-0.15, -0.1) is 0 Å². The van der Waals surface area contributed by atoms with E-state index in [1.807, 2.05) is 31.2 Å². The molecule has 0 heterocycles. The lowest BCUT2D eigenvalue weighted by Gasteiger charge is -2.15. The van der Waals surface area contributed by atoms with Crippen LogP contribution in [-0.4, -0.2) is 26.4 Å². The van der Waals surface area contributed by atoms with E-state index in [1.54, 1.807) is 7.11 Å². The van der Waals surface area contributed by atoms with Gasteiger partial charge < -0.3 is 14.8 Å². The van der Waals surface area contributed by atoms with Crippen molar-refractivity contribution in [1.29, 1.82) is 0 Å². The Hall–Kier alpha value is -1.22. The van der Waals surface area contributed by atoms with E-state index in [-0.39, 0.29) is 0 Å². The van der Waals surface area contributed by atoms with Gasteiger partial charge in [0.1, 0.15) is 5.75 Å². The highest BCUT2D eigenvalue weighted by atomic mass is 16.5. The third-order valence-electron chi connectivity index (χ3n) is 2.08. The van der Waals surface area contributed by atoms with E-state index < -0.39 is 0 Å². The predicted octanol–water partition coefficient (Wildman–Crippen LogP) is 2.53. The third kappa shape index (κ3) is 4.21. The summed E-state index contributed by atoms with van der Waals surface area (Å²) in [5.41, 5.74) is 1.09. The van der Waals surface area contributed by atoms with Crippen molar-refractivity contribution in [1.82, 2.24) is 0 Å². The summed E-state index contributed by atoms with van der Waals surface area (Å²) < 4.78 is 10.4. The molecule has 0 aliphatic heterocycles. The highest BCUT2D eigenvalue weighted by Crippen LogP contribution is 2.15. The second-order valence-corrected chi connectivity index (χ2v) is 3.43. The third-order valence-corrected chi connectivity index (χ3v) is 2.08.